The van der Waals surface area contributed by atoms with Gasteiger partial charge in [0.2, 0.25) is 0 Å². The van der Waals surface area contributed by atoms with Crippen LogP contribution in [-0.4, -0.2) is 44.0 Å². The summed E-state index contributed by atoms with van der Waals surface area (Å²) in [5.41, 5.74) is 4.83. The highest BCUT2D eigenvalue weighted by molar-refractivity contribution is 6.07. The Hall–Kier alpha value is -3.30. The Labute approximate surface area is 172 Å². The molecule has 0 radical (unpaired) electrons. The van der Waals surface area contributed by atoms with Crippen molar-refractivity contribution < 1.29 is 4.79 Å². The van der Waals surface area contributed by atoms with Gasteiger partial charge >= 0.3 is 0 Å². The van der Waals surface area contributed by atoms with E-state index in [0.717, 1.165) is 43.0 Å². The van der Waals surface area contributed by atoms with Crippen LogP contribution in [-0.2, 0) is 4.79 Å². The lowest BCUT2D eigenvalue weighted by Crippen LogP contribution is -2.44. The van der Waals surface area contributed by atoms with Gasteiger partial charge in [0.05, 0.1) is 0 Å². The van der Waals surface area contributed by atoms with Gasteiger partial charge in [-0.15, -0.1) is 0 Å². The van der Waals surface area contributed by atoms with Crippen LogP contribution < -0.4 is 15.5 Å². The van der Waals surface area contributed by atoms with E-state index >= 15 is 0 Å². The van der Waals surface area contributed by atoms with Crippen molar-refractivity contribution in [1.29, 1.82) is 5.26 Å². The maximum atomic E-state index is 12.5. The predicted octanol–water partition coefficient (Wildman–Crippen LogP) is 3.51. The Balaban J connectivity index is 1.63. The van der Waals surface area contributed by atoms with Crippen molar-refractivity contribution in [2.24, 2.45) is 0 Å². The zero-order valence-electron chi connectivity index (χ0n) is 17.2. The van der Waals surface area contributed by atoms with Gasteiger partial charge in [-0.1, -0.05) is 12.1 Å². The molecule has 0 aliphatic carbocycles. The minimum Gasteiger partial charge on any atom is -0.369 e. The lowest BCUT2D eigenvalue weighted by atomic mass is 10.1. The maximum Gasteiger partial charge on any atom is 0.267 e. The monoisotopic (exact) mass is 389 g/mol. The third-order valence-corrected chi connectivity index (χ3v) is 5.34. The van der Waals surface area contributed by atoms with E-state index in [0.29, 0.717) is 5.69 Å². The van der Waals surface area contributed by atoms with Gasteiger partial charge in [-0.2, -0.15) is 5.26 Å². The number of piperazine rings is 1. The van der Waals surface area contributed by atoms with Crippen LogP contribution in [0.25, 0.3) is 0 Å². The number of carbonyl (C=O) groups excluding carboxylic acids is 1. The highest BCUT2D eigenvalue weighted by Gasteiger charge is 2.14. The summed E-state index contributed by atoms with van der Waals surface area (Å²) in [4.78, 5) is 17.1. The predicted molar refractivity (Wildman–Crippen MR) is 118 cm³/mol. The summed E-state index contributed by atoms with van der Waals surface area (Å²) in [5.74, 6) is -0.428. The van der Waals surface area contributed by atoms with E-state index in [4.69, 9.17) is 0 Å². The van der Waals surface area contributed by atoms with E-state index in [1.165, 1.54) is 11.9 Å². The first-order valence-corrected chi connectivity index (χ1v) is 9.76. The molecular formula is C23H27N5O. The number of nitrogens with zero attached hydrogens (tertiary/aromatic N) is 3. The fourth-order valence-electron chi connectivity index (χ4n) is 3.21. The molecule has 0 unspecified atom stereocenters. The van der Waals surface area contributed by atoms with Crippen LogP contribution in [0.5, 0.6) is 0 Å². The third kappa shape index (κ3) is 5.15. The fraction of sp³-hybridized carbons (Fsp3) is 0.304. The summed E-state index contributed by atoms with van der Waals surface area (Å²) in [6.07, 6.45) is 1.45. The molecule has 2 N–H and O–H groups in total. The summed E-state index contributed by atoms with van der Waals surface area (Å²) in [5, 5.41) is 15.2. The number of carbonyl (C=O) groups is 1. The molecule has 0 aromatic heterocycles. The van der Waals surface area contributed by atoms with Crippen LogP contribution in [0.3, 0.4) is 0 Å². The van der Waals surface area contributed by atoms with Crippen molar-refractivity contribution in [3.63, 3.8) is 0 Å². The van der Waals surface area contributed by atoms with Gasteiger partial charge < -0.3 is 20.4 Å². The average molecular weight is 390 g/mol. The Morgan fingerprint density at radius 3 is 2.41 bits per heavy atom. The lowest BCUT2D eigenvalue weighted by Gasteiger charge is -2.34. The highest BCUT2D eigenvalue weighted by Crippen LogP contribution is 2.20. The van der Waals surface area contributed by atoms with Crippen molar-refractivity contribution in [2.45, 2.75) is 13.8 Å². The minimum absolute atomic E-state index is 0.0223. The molecule has 1 saturated heterocycles. The van der Waals surface area contributed by atoms with E-state index in [2.05, 4.69) is 39.6 Å². The number of anilines is 3. The standard InChI is InChI=1S/C23H27N5O/c1-17-5-4-6-22(18(17)2)26-23(29)19(15-24)16-25-20-7-9-21(10-8-20)28-13-11-27(3)12-14-28/h4-10,16,25H,11-14H2,1-3H3,(H,26,29)/b19-16-. The molecule has 1 aliphatic rings. The van der Waals surface area contributed by atoms with Crippen LogP contribution in [0, 0.1) is 25.2 Å². The molecular weight excluding hydrogens is 362 g/mol. The van der Waals surface area contributed by atoms with Crippen LogP contribution in [0.2, 0.25) is 0 Å². The van der Waals surface area contributed by atoms with Gasteiger partial charge in [0.25, 0.3) is 5.91 Å². The SMILES string of the molecule is Cc1cccc(NC(=O)/C(C#N)=C\Nc2ccc(N3CCN(C)CC3)cc2)c1C. The van der Waals surface area contributed by atoms with Crippen LogP contribution in [0.4, 0.5) is 17.1 Å². The van der Waals surface area contributed by atoms with Crippen molar-refractivity contribution in [3.05, 3.63) is 65.4 Å². The molecule has 6 heteroatoms. The second-order valence-electron chi connectivity index (χ2n) is 7.35. The Morgan fingerprint density at radius 1 is 1.07 bits per heavy atom. The van der Waals surface area contributed by atoms with Crippen LogP contribution >= 0.6 is 0 Å². The van der Waals surface area contributed by atoms with Gasteiger partial charge in [0, 0.05) is 49.4 Å². The summed E-state index contributed by atoms with van der Waals surface area (Å²) < 4.78 is 0. The molecule has 0 bridgehead atoms. The average Bonchev–Trinajstić information content (AvgIpc) is 2.73. The van der Waals surface area contributed by atoms with E-state index in [9.17, 15) is 10.1 Å². The second kappa shape index (κ2) is 9.26. The lowest BCUT2D eigenvalue weighted by molar-refractivity contribution is -0.112. The molecule has 0 saturated carbocycles. The Morgan fingerprint density at radius 2 is 1.76 bits per heavy atom. The number of aryl methyl sites for hydroxylation is 1. The van der Waals surface area contributed by atoms with Crippen molar-refractivity contribution >= 4 is 23.0 Å². The number of rotatable bonds is 5. The number of hydrogen-bond donors (Lipinski definition) is 2. The van der Waals surface area contributed by atoms with Gasteiger partial charge in [-0.25, -0.2) is 0 Å². The molecule has 2 aromatic carbocycles. The van der Waals surface area contributed by atoms with Gasteiger partial charge in [-0.05, 0) is 62.4 Å². The molecule has 1 aliphatic heterocycles. The van der Waals surface area contributed by atoms with Crippen LogP contribution in [0.15, 0.2) is 54.2 Å². The smallest absolute Gasteiger partial charge is 0.267 e. The quantitative estimate of drug-likeness (QED) is 0.605. The van der Waals surface area contributed by atoms with E-state index in [1.54, 1.807) is 0 Å². The van der Waals surface area contributed by atoms with E-state index in [-0.39, 0.29) is 5.57 Å². The second-order valence-corrected chi connectivity index (χ2v) is 7.35. The number of benzene rings is 2. The fourth-order valence-corrected chi connectivity index (χ4v) is 3.21. The van der Waals surface area contributed by atoms with Gasteiger partial charge in [0.1, 0.15) is 11.6 Å². The summed E-state index contributed by atoms with van der Waals surface area (Å²) >= 11 is 0. The number of nitrogens with one attached hydrogen (secondary N) is 2. The maximum absolute atomic E-state index is 12.5. The molecule has 1 heterocycles. The molecule has 1 amide bonds. The number of hydrogen-bond acceptors (Lipinski definition) is 5. The largest absolute Gasteiger partial charge is 0.369 e. The van der Waals surface area contributed by atoms with Gasteiger partial charge in [0.15, 0.2) is 0 Å². The van der Waals surface area contributed by atoms with Crippen molar-refractivity contribution in [3.8, 4) is 6.07 Å². The highest BCUT2D eigenvalue weighted by atomic mass is 16.1. The first kappa shape index (κ1) is 20.4. The molecule has 6 nitrogen and oxygen atoms in total. The molecule has 0 spiro atoms. The Kier molecular flexibility index (Phi) is 6.53. The zero-order chi connectivity index (χ0) is 20.8. The first-order valence-electron chi connectivity index (χ1n) is 9.76. The molecule has 2 aromatic rings. The number of amides is 1. The summed E-state index contributed by atoms with van der Waals surface area (Å²) in [7, 11) is 2.14. The van der Waals surface area contributed by atoms with Crippen molar-refractivity contribution in [2.75, 3.05) is 48.8 Å². The third-order valence-electron chi connectivity index (χ3n) is 5.34. The van der Waals surface area contributed by atoms with Crippen LogP contribution in [0.1, 0.15) is 11.1 Å². The van der Waals surface area contributed by atoms with E-state index in [1.807, 2.05) is 50.2 Å². The molecule has 1 fully saturated rings. The molecule has 150 valence electrons. The Bertz CT molecular complexity index is 935. The molecule has 29 heavy (non-hydrogen) atoms. The molecule has 0 atom stereocenters. The minimum atomic E-state index is -0.428. The zero-order valence-corrected chi connectivity index (χ0v) is 17.2. The number of nitriles is 1. The first-order chi connectivity index (χ1) is 14.0. The number of likely N-dealkylation sites (N-methyl/N-ethyl adjacent to an activating group) is 1. The van der Waals surface area contributed by atoms with Crippen molar-refractivity contribution in [1.82, 2.24) is 4.90 Å². The van der Waals surface area contributed by atoms with Gasteiger partial charge in [-0.3, -0.25) is 4.79 Å². The normalized spacial score (nSPS) is 15.0. The topological polar surface area (TPSA) is 71.4 Å². The van der Waals surface area contributed by atoms with E-state index < -0.39 is 5.91 Å². The molecule has 3 rings (SSSR count). The summed E-state index contributed by atoms with van der Waals surface area (Å²) in [6.45, 7) is 8.08. The summed E-state index contributed by atoms with van der Waals surface area (Å²) in [6, 6.07) is 15.7.